The first-order chi connectivity index (χ1) is 10.6. The lowest BCUT2D eigenvalue weighted by Gasteiger charge is -2.09. The quantitative estimate of drug-likeness (QED) is 0.754. The van der Waals surface area contributed by atoms with E-state index in [-0.39, 0.29) is 15.5 Å². The summed E-state index contributed by atoms with van der Waals surface area (Å²) in [5, 5.41) is 0. The van der Waals surface area contributed by atoms with E-state index in [4.69, 9.17) is 5.73 Å². The molecule has 0 atom stereocenters. The minimum atomic E-state index is -3.61. The van der Waals surface area contributed by atoms with Gasteiger partial charge in [-0.05, 0) is 35.9 Å². The number of benzene rings is 2. The Balaban J connectivity index is 2.07. The number of rotatable bonds is 3. The number of hydrogen-bond donors (Lipinski definition) is 1. The second-order valence-electron chi connectivity index (χ2n) is 4.81. The van der Waals surface area contributed by atoms with Crippen molar-refractivity contribution < 1.29 is 8.42 Å². The van der Waals surface area contributed by atoms with E-state index in [1.54, 1.807) is 60.9 Å². The average molecular weight is 310 g/mol. The minimum absolute atomic E-state index is 0.117. The first-order valence-electron chi connectivity index (χ1n) is 6.69. The van der Waals surface area contributed by atoms with Crippen molar-refractivity contribution in [3.8, 4) is 11.1 Å². The van der Waals surface area contributed by atoms with Gasteiger partial charge in [-0.1, -0.05) is 30.3 Å². The van der Waals surface area contributed by atoms with E-state index in [9.17, 15) is 8.42 Å². The second kappa shape index (κ2) is 5.61. The largest absolute Gasteiger partial charge is 0.398 e. The summed E-state index contributed by atoms with van der Waals surface area (Å²) in [6.07, 6.45) is 3.39. The second-order valence-corrected chi connectivity index (χ2v) is 6.73. The lowest BCUT2D eigenvalue weighted by molar-refractivity contribution is 0.596. The fourth-order valence-corrected chi connectivity index (χ4v) is 3.62. The van der Waals surface area contributed by atoms with Crippen LogP contribution in [0.5, 0.6) is 0 Å². The molecule has 0 amide bonds. The molecule has 0 bridgehead atoms. The Bertz CT molecular complexity index is 892. The molecular formula is C17H14N2O2S. The monoisotopic (exact) mass is 310 g/mol. The number of pyridine rings is 1. The van der Waals surface area contributed by atoms with E-state index < -0.39 is 9.84 Å². The van der Waals surface area contributed by atoms with Crippen LogP contribution in [0.1, 0.15) is 0 Å². The third-order valence-electron chi connectivity index (χ3n) is 3.35. The summed E-state index contributed by atoms with van der Waals surface area (Å²) in [4.78, 5) is 4.40. The van der Waals surface area contributed by atoms with Crippen LogP contribution in [0.15, 0.2) is 82.8 Å². The van der Waals surface area contributed by atoms with Crippen molar-refractivity contribution in [2.45, 2.75) is 9.79 Å². The minimum Gasteiger partial charge on any atom is -0.398 e. The molecule has 0 radical (unpaired) electrons. The number of nitrogens with two attached hydrogens (primary N) is 1. The Hall–Kier alpha value is -2.66. The molecule has 4 nitrogen and oxygen atoms in total. The third-order valence-corrected chi connectivity index (χ3v) is 5.19. The first kappa shape index (κ1) is 14.3. The molecule has 3 rings (SSSR count). The molecule has 0 fully saturated rings. The van der Waals surface area contributed by atoms with Crippen LogP contribution < -0.4 is 5.73 Å². The summed E-state index contributed by atoms with van der Waals surface area (Å²) < 4.78 is 25.2. The number of aromatic nitrogens is 1. The summed E-state index contributed by atoms with van der Waals surface area (Å²) >= 11 is 0. The SMILES string of the molecule is Nc1cc(-c2cccnc2)ccc1S(=O)(=O)c1ccccc1. The van der Waals surface area contributed by atoms with Crippen LogP contribution in [0.25, 0.3) is 11.1 Å². The Morgan fingerprint density at radius 2 is 1.64 bits per heavy atom. The van der Waals surface area contributed by atoms with Gasteiger partial charge in [-0.25, -0.2) is 8.42 Å². The van der Waals surface area contributed by atoms with E-state index >= 15 is 0 Å². The van der Waals surface area contributed by atoms with Gasteiger partial charge in [-0.15, -0.1) is 0 Å². The van der Waals surface area contributed by atoms with Gasteiger partial charge >= 0.3 is 0 Å². The summed E-state index contributed by atoms with van der Waals surface area (Å²) in [6, 6.07) is 16.9. The molecule has 2 aromatic carbocycles. The van der Waals surface area contributed by atoms with Gasteiger partial charge in [0.25, 0.3) is 0 Å². The molecule has 5 heteroatoms. The van der Waals surface area contributed by atoms with E-state index in [2.05, 4.69) is 4.98 Å². The van der Waals surface area contributed by atoms with E-state index in [1.165, 1.54) is 0 Å². The van der Waals surface area contributed by atoms with Crippen LogP contribution in [0, 0.1) is 0 Å². The third kappa shape index (κ3) is 2.58. The number of anilines is 1. The highest BCUT2D eigenvalue weighted by Gasteiger charge is 2.20. The van der Waals surface area contributed by atoms with Crippen LogP contribution >= 0.6 is 0 Å². The zero-order chi connectivity index (χ0) is 15.6. The van der Waals surface area contributed by atoms with Crippen LogP contribution in [0.4, 0.5) is 5.69 Å². The van der Waals surface area contributed by atoms with Gasteiger partial charge in [0.15, 0.2) is 0 Å². The summed E-state index contributed by atoms with van der Waals surface area (Å²) in [5.74, 6) is 0. The van der Waals surface area contributed by atoms with Gasteiger partial charge in [0.2, 0.25) is 9.84 Å². The standard InChI is InChI=1S/C17H14N2O2S/c18-16-11-13(14-5-4-10-19-12-14)8-9-17(16)22(20,21)15-6-2-1-3-7-15/h1-12H,18H2. The van der Waals surface area contributed by atoms with Gasteiger partial charge < -0.3 is 5.73 Å². The molecule has 0 unspecified atom stereocenters. The molecule has 110 valence electrons. The van der Waals surface area contributed by atoms with Gasteiger partial charge in [-0.3, -0.25) is 4.98 Å². The molecule has 0 spiro atoms. The van der Waals surface area contributed by atoms with Crippen molar-refractivity contribution >= 4 is 15.5 Å². The molecule has 1 heterocycles. The molecule has 0 aliphatic rings. The summed E-state index contributed by atoms with van der Waals surface area (Å²) in [7, 11) is -3.61. The number of sulfone groups is 1. The van der Waals surface area contributed by atoms with Crippen LogP contribution in [0.2, 0.25) is 0 Å². The maximum Gasteiger partial charge on any atom is 0.208 e. The Morgan fingerprint density at radius 3 is 2.27 bits per heavy atom. The molecule has 2 N–H and O–H groups in total. The van der Waals surface area contributed by atoms with Crippen molar-refractivity contribution in [2.75, 3.05) is 5.73 Å². The molecule has 22 heavy (non-hydrogen) atoms. The Morgan fingerprint density at radius 1 is 0.864 bits per heavy atom. The maximum atomic E-state index is 12.6. The number of nitrogens with zero attached hydrogens (tertiary/aromatic N) is 1. The van der Waals surface area contributed by atoms with Crippen molar-refractivity contribution in [2.24, 2.45) is 0 Å². The normalized spacial score (nSPS) is 11.3. The Labute approximate surface area is 129 Å². The summed E-state index contributed by atoms with van der Waals surface area (Å²) in [5.41, 5.74) is 7.93. The predicted octanol–water partition coefficient (Wildman–Crippen LogP) is 3.16. The van der Waals surface area contributed by atoms with E-state index in [1.807, 2.05) is 12.1 Å². The number of nitrogen functional groups attached to an aromatic ring is 1. The van der Waals surface area contributed by atoms with E-state index in [0.717, 1.165) is 11.1 Å². The highest BCUT2D eigenvalue weighted by Crippen LogP contribution is 2.29. The molecule has 3 aromatic rings. The lowest BCUT2D eigenvalue weighted by atomic mass is 10.1. The van der Waals surface area contributed by atoms with E-state index in [0.29, 0.717) is 0 Å². The van der Waals surface area contributed by atoms with Gasteiger partial charge in [0.05, 0.1) is 15.5 Å². The molecule has 0 saturated heterocycles. The molecule has 0 aliphatic heterocycles. The topological polar surface area (TPSA) is 73.0 Å². The van der Waals surface area contributed by atoms with Gasteiger partial charge in [0, 0.05) is 18.0 Å². The van der Waals surface area contributed by atoms with Crippen LogP contribution in [-0.4, -0.2) is 13.4 Å². The first-order valence-corrected chi connectivity index (χ1v) is 8.17. The Kier molecular flexibility index (Phi) is 3.65. The van der Waals surface area contributed by atoms with Gasteiger partial charge in [-0.2, -0.15) is 0 Å². The zero-order valence-corrected chi connectivity index (χ0v) is 12.5. The molecule has 0 saturated carbocycles. The average Bonchev–Trinajstić information content (AvgIpc) is 2.56. The fourth-order valence-electron chi connectivity index (χ4n) is 2.23. The smallest absolute Gasteiger partial charge is 0.208 e. The molecular weight excluding hydrogens is 296 g/mol. The summed E-state index contributed by atoms with van der Waals surface area (Å²) in [6.45, 7) is 0. The zero-order valence-electron chi connectivity index (χ0n) is 11.7. The van der Waals surface area contributed by atoms with Gasteiger partial charge in [0.1, 0.15) is 0 Å². The van der Waals surface area contributed by atoms with Crippen molar-refractivity contribution in [3.63, 3.8) is 0 Å². The van der Waals surface area contributed by atoms with Crippen LogP contribution in [0.3, 0.4) is 0 Å². The van der Waals surface area contributed by atoms with Crippen molar-refractivity contribution in [3.05, 3.63) is 73.1 Å². The fraction of sp³-hybridized carbons (Fsp3) is 0. The van der Waals surface area contributed by atoms with Crippen LogP contribution in [-0.2, 0) is 9.84 Å². The lowest BCUT2D eigenvalue weighted by Crippen LogP contribution is -2.05. The van der Waals surface area contributed by atoms with Crippen molar-refractivity contribution in [1.82, 2.24) is 4.98 Å². The maximum absolute atomic E-state index is 12.6. The predicted molar refractivity (Wildman–Crippen MR) is 86.0 cm³/mol. The molecule has 1 aromatic heterocycles. The highest BCUT2D eigenvalue weighted by atomic mass is 32.2. The molecule has 0 aliphatic carbocycles. The highest BCUT2D eigenvalue weighted by molar-refractivity contribution is 7.91. The number of hydrogen-bond acceptors (Lipinski definition) is 4. The van der Waals surface area contributed by atoms with Crippen molar-refractivity contribution in [1.29, 1.82) is 0 Å².